The molecule has 1 aromatic carbocycles. The normalized spacial score (nSPS) is 10.2. The number of fused-ring (bicyclic) bond motifs is 1. The minimum Gasteiger partial charge on any atom is -0.290 e. The summed E-state index contributed by atoms with van der Waals surface area (Å²) in [6, 6.07) is 8.65. The second-order valence-electron chi connectivity index (χ2n) is 2.36. The molecular formula is C9H6NO. The summed E-state index contributed by atoms with van der Waals surface area (Å²) in [5.74, 6) is 0.0104. The van der Waals surface area contributed by atoms with Gasteiger partial charge < -0.3 is 0 Å². The van der Waals surface area contributed by atoms with E-state index in [1.54, 1.807) is 18.3 Å². The van der Waals surface area contributed by atoms with Crippen LogP contribution in [0.2, 0.25) is 0 Å². The minimum absolute atomic E-state index is 0.0104. The monoisotopic (exact) mass is 144 g/mol. The number of nitrogens with zero attached hydrogens (tertiary/aromatic N) is 1. The molecule has 2 rings (SSSR count). The van der Waals surface area contributed by atoms with Crippen molar-refractivity contribution in [1.82, 2.24) is 4.98 Å². The molecule has 0 amide bonds. The molecule has 0 aliphatic rings. The van der Waals surface area contributed by atoms with Gasteiger partial charge in [0, 0.05) is 17.6 Å². The zero-order chi connectivity index (χ0) is 7.68. The van der Waals surface area contributed by atoms with Crippen molar-refractivity contribution in [1.29, 1.82) is 0 Å². The van der Waals surface area contributed by atoms with Crippen LogP contribution < -0.4 is 0 Å². The van der Waals surface area contributed by atoms with Crippen LogP contribution in [0.3, 0.4) is 0 Å². The van der Waals surface area contributed by atoms with Gasteiger partial charge in [0.1, 0.15) is 0 Å². The van der Waals surface area contributed by atoms with E-state index in [1.807, 2.05) is 12.1 Å². The first kappa shape index (κ1) is 6.16. The van der Waals surface area contributed by atoms with E-state index in [2.05, 4.69) is 4.98 Å². The fourth-order valence-electron chi connectivity index (χ4n) is 1.05. The molecule has 0 unspecified atom stereocenters. The van der Waals surface area contributed by atoms with Crippen LogP contribution in [0.4, 0.5) is 0 Å². The predicted octanol–water partition coefficient (Wildman–Crippen LogP) is 2.38. The van der Waals surface area contributed by atoms with Crippen LogP contribution in [-0.2, 0) is 5.11 Å². The van der Waals surface area contributed by atoms with E-state index in [0.717, 1.165) is 10.9 Å². The summed E-state index contributed by atoms with van der Waals surface area (Å²) >= 11 is 0. The molecular weight excluding hydrogens is 138 g/mol. The number of hydrogen-bond acceptors (Lipinski definition) is 1. The summed E-state index contributed by atoms with van der Waals surface area (Å²) in [6.07, 6.45) is 1.68. The number of hydrogen-bond donors (Lipinski definition) is 0. The highest BCUT2D eigenvalue weighted by Crippen LogP contribution is 2.17. The van der Waals surface area contributed by atoms with Crippen LogP contribution in [0.1, 0.15) is 0 Å². The Morgan fingerprint density at radius 3 is 3.00 bits per heavy atom. The fourth-order valence-corrected chi connectivity index (χ4v) is 1.05. The van der Waals surface area contributed by atoms with Crippen molar-refractivity contribution in [3.05, 3.63) is 36.5 Å². The smallest absolute Gasteiger partial charge is 0.180 e. The average Bonchev–Trinajstić information content (AvgIpc) is 2.04. The van der Waals surface area contributed by atoms with Crippen LogP contribution in [-0.4, -0.2) is 4.98 Å². The lowest BCUT2D eigenvalue weighted by molar-refractivity contribution is 0.355. The summed E-state index contributed by atoms with van der Waals surface area (Å²) in [5, 5.41) is 11.9. The van der Waals surface area contributed by atoms with Crippen LogP contribution in [0.5, 0.6) is 5.75 Å². The molecule has 2 aromatic rings. The van der Waals surface area contributed by atoms with E-state index in [0.29, 0.717) is 0 Å². The van der Waals surface area contributed by atoms with Gasteiger partial charge in [0.15, 0.2) is 5.75 Å². The molecule has 0 saturated heterocycles. The lowest BCUT2D eigenvalue weighted by Crippen LogP contribution is -1.74. The van der Waals surface area contributed by atoms with E-state index in [-0.39, 0.29) is 5.75 Å². The number of aromatic nitrogens is 1. The largest absolute Gasteiger partial charge is 0.290 e. The molecule has 0 bridgehead atoms. The van der Waals surface area contributed by atoms with E-state index < -0.39 is 0 Å². The second kappa shape index (κ2) is 2.23. The predicted molar refractivity (Wildman–Crippen MR) is 41.9 cm³/mol. The van der Waals surface area contributed by atoms with Gasteiger partial charge in [-0.2, -0.15) is 0 Å². The van der Waals surface area contributed by atoms with Crippen molar-refractivity contribution in [3.63, 3.8) is 0 Å². The van der Waals surface area contributed by atoms with E-state index in [4.69, 9.17) is 0 Å². The van der Waals surface area contributed by atoms with Gasteiger partial charge in [-0.05, 0) is 18.2 Å². The zero-order valence-corrected chi connectivity index (χ0v) is 5.82. The SMILES string of the molecule is [O]c1ccc2cccnc2c1. The highest BCUT2D eigenvalue weighted by molar-refractivity contribution is 5.79. The standard InChI is InChI=1S/C9H6NO/c11-8-4-3-7-2-1-5-10-9(7)6-8/h1-6H. The van der Waals surface area contributed by atoms with Crippen molar-refractivity contribution >= 4 is 10.9 Å². The Balaban J connectivity index is 2.83. The molecule has 53 valence electrons. The van der Waals surface area contributed by atoms with Gasteiger partial charge in [0.2, 0.25) is 0 Å². The lowest BCUT2D eigenvalue weighted by atomic mass is 10.2. The first-order valence-corrected chi connectivity index (χ1v) is 3.38. The molecule has 1 radical (unpaired) electrons. The van der Waals surface area contributed by atoms with Crippen LogP contribution in [0.25, 0.3) is 10.9 Å². The number of rotatable bonds is 0. The number of pyridine rings is 1. The van der Waals surface area contributed by atoms with E-state index in [9.17, 15) is 5.11 Å². The van der Waals surface area contributed by atoms with E-state index >= 15 is 0 Å². The van der Waals surface area contributed by atoms with Crippen molar-refractivity contribution < 1.29 is 5.11 Å². The summed E-state index contributed by atoms with van der Waals surface area (Å²) in [6.45, 7) is 0. The van der Waals surface area contributed by atoms with Gasteiger partial charge in [0.05, 0.1) is 5.52 Å². The van der Waals surface area contributed by atoms with Crippen LogP contribution in [0.15, 0.2) is 36.5 Å². The molecule has 11 heavy (non-hydrogen) atoms. The Kier molecular flexibility index (Phi) is 1.25. The molecule has 2 heteroatoms. The van der Waals surface area contributed by atoms with Gasteiger partial charge in [-0.3, -0.25) is 10.1 Å². The summed E-state index contributed by atoms with van der Waals surface area (Å²) in [5.41, 5.74) is 0.764. The maximum atomic E-state index is 10.8. The topological polar surface area (TPSA) is 32.8 Å². The third-order valence-corrected chi connectivity index (χ3v) is 1.58. The molecule has 2 nitrogen and oxygen atoms in total. The molecule has 0 spiro atoms. The molecule has 0 saturated carbocycles. The summed E-state index contributed by atoms with van der Waals surface area (Å²) < 4.78 is 0. The van der Waals surface area contributed by atoms with Crippen molar-refractivity contribution in [3.8, 4) is 5.75 Å². The Hall–Kier alpha value is -1.57. The highest BCUT2D eigenvalue weighted by Gasteiger charge is 1.94. The second-order valence-corrected chi connectivity index (χ2v) is 2.36. The molecule has 1 aromatic heterocycles. The third-order valence-electron chi connectivity index (χ3n) is 1.58. The van der Waals surface area contributed by atoms with Crippen molar-refractivity contribution in [2.45, 2.75) is 0 Å². The maximum Gasteiger partial charge on any atom is 0.180 e. The van der Waals surface area contributed by atoms with Gasteiger partial charge in [-0.1, -0.05) is 6.07 Å². The fraction of sp³-hybridized carbons (Fsp3) is 0. The Bertz CT molecular complexity index is 384. The summed E-state index contributed by atoms with van der Waals surface area (Å²) in [7, 11) is 0. The zero-order valence-electron chi connectivity index (χ0n) is 5.82. The van der Waals surface area contributed by atoms with Gasteiger partial charge in [0.25, 0.3) is 0 Å². The van der Waals surface area contributed by atoms with Gasteiger partial charge in [-0.25, -0.2) is 0 Å². The first-order valence-electron chi connectivity index (χ1n) is 3.38. The van der Waals surface area contributed by atoms with Crippen LogP contribution >= 0.6 is 0 Å². The van der Waals surface area contributed by atoms with Crippen molar-refractivity contribution in [2.24, 2.45) is 0 Å². The van der Waals surface area contributed by atoms with Crippen LogP contribution in [0, 0.1) is 0 Å². The molecule has 1 heterocycles. The maximum absolute atomic E-state index is 10.8. The molecule has 0 aliphatic heterocycles. The Morgan fingerprint density at radius 1 is 1.18 bits per heavy atom. The highest BCUT2D eigenvalue weighted by atomic mass is 16.3. The summed E-state index contributed by atoms with van der Waals surface area (Å²) in [4.78, 5) is 4.04. The third kappa shape index (κ3) is 1.03. The molecule has 0 N–H and O–H groups in total. The molecule has 0 atom stereocenters. The Labute approximate surface area is 64.1 Å². The van der Waals surface area contributed by atoms with E-state index in [1.165, 1.54) is 6.07 Å². The van der Waals surface area contributed by atoms with Crippen molar-refractivity contribution in [2.75, 3.05) is 0 Å². The molecule has 0 fully saturated rings. The van der Waals surface area contributed by atoms with Gasteiger partial charge >= 0.3 is 0 Å². The average molecular weight is 144 g/mol. The Morgan fingerprint density at radius 2 is 2.09 bits per heavy atom. The quantitative estimate of drug-likeness (QED) is 0.558. The lowest BCUT2D eigenvalue weighted by Gasteiger charge is -1.93. The van der Waals surface area contributed by atoms with Gasteiger partial charge in [-0.15, -0.1) is 0 Å². The number of benzene rings is 1. The molecule has 0 aliphatic carbocycles. The minimum atomic E-state index is 0.0104. The first-order chi connectivity index (χ1) is 5.36.